The van der Waals surface area contributed by atoms with Crippen molar-refractivity contribution in [1.82, 2.24) is 9.78 Å². The minimum absolute atomic E-state index is 0.125. The van der Waals surface area contributed by atoms with Crippen LogP contribution in [0, 0.1) is 5.82 Å². The number of anilines is 2. The molecule has 6 heteroatoms. The van der Waals surface area contributed by atoms with Gasteiger partial charge < -0.3 is 10.6 Å². The molecule has 2 N–H and O–H groups in total. The number of halogens is 1. The molecule has 3 aromatic rings. The number of nitrogens with zero attached hydrogens (tertiary/aromatic N) is 3. The van der Waals surface area contributed by atoms with Crippen molar-refractivity contribution >= 4 is 17.3 Å². The summed E-state index contributed by atoms with van der Waals surface area (Å²) in [6.45, 7) is 0.636. The number of hydrogen-bond acceptors (Lipinski definition) is 3. The molecule has 1 aromatic heterocycles. The first-order chi connectivity index (χ1) is 13.6. The van der Waals surface area contributed by atoms with Gasteiger partial charge in [-0.1, -0.05) is 18.2 Å². The molecule has 2 heterocycles. The highest BCUT2D eigenvalue weighted by atomic mass is 19.1. The first-order valence-corrected chi connectivity index (χ1v) is 9.70. The molecule has 1 aliphatic carbocycles. The molecule has 2 aliphatic rings. The number of para-hydroxylation sites is 1. The second-order valence-electron chi connectivity index (χ2n) is 7.40. The number of benzene rings is 2. The molecular weight excluding hydrogens is 355 g/mol. The van der Waals surface area contributed by atoms with E-state index in [4.69, 9.17) is 5.73 Å². The number of fused-ring (bicyclic) bond motifs is 2. The third-order valence-corrected chi connectivity index (χ3v) is 5.75. The summed E-state index contributed by atoms with van der Waals surface area (Å²) in [5, 5.41) is 4.59. The van der Waals surface area contributed by atoms with Crippen LogP contribution in [0.25, 0.3) is 5.69 Å². The summed E-state index contributed by atoms with van der Waals surface area (Å²) < 4.78 is 16.0. The van der Waals surface area contributed by atoms with E-state index in [1.54, 1.807) is 27.8 Å². The van der Waals surface area contributed by atoms with Crippen LogP contribution in [-0.4, -0.2) is 22.2 Å². The number of rotatable bonds is 2. The third-order valence-electron chi connectivity index (χ3n) is 5.75. The molecule has 1 aliphatic heterocycles. The van der Waals surface area contributed by atoms with E-state index < -0.39 is 0 Å². The average molecular weight is 376 g/mol. The van der Waals surface area contributed by atoms with Crippen molar-refractivity contribution in [3.8, 4) is 5.69 Å². The van der Waals surface area contributed by atoms with Gasteiger partial charge in [0, 0.05) is 29.2 Å². The summed E-state index contributed by atoms with van der Waals surface area (Å²) in [5.74, 6) is -0.463. The Labute approximate surface area is 162 Å². The molecule has 5 nitrogen and oxygen atoms in total. The lowest BCUT2D eigenvalue weighted by atomic mass is 9.99. The molecular formula is C22H21FN4O. The Hall–Kier alpha value is -3.15. The molecule has 0 atom stereocenters. The summed E-state index contributed by atoms with van der Waals surface area (Å²) in [7, 11) is 0. The smallest absolute Gasteiger partial charge is 0.279 e. The van der Waals surface area contributed by atoms with Gasteiger partial charge in [-0.15, -0.1) is 0 Å². The molecule has 0 spiro atoms. The van der Waals surface area contributed by atoms with Crippen molar-refractivity contribution in [2.45, 2.75) is 32.1 Å². The molecule has 0 fully saturated rings. The van der Waals surface area contributed by atoms with Gasteiger partial charge in [-0.05, 0) is 61.9 Å². The number of carbonyl (C=O) groups is 1. The van der Waals surface area contributed by atoms with Crippen molar-refractivity contribution in [1.29, 1.82) is 0 Å². The first kappa shape index (κ1) is 17.0. The summed E-state index contributed by atoms with van der Waals surface area (Å²) in [4.78, 5) is 15.3. The summed E-state index contributed by atoms with van der Waals surface area (Å²) in [5.41, 5.74) is 11.5. The SMILES string of the molecule is Nc1cccc2c1CCCN2C(=O)c1nn(-c2ccccc2F)c2c1CCC2. The normalized spacial score (nSPS) is 15.4. The van der Waals surface area contributed by atoms with Gasteiger partial charge in [0.15, 0.2) is 5.69 Å². The van der Waals surface area contributed by atoms with E-state index in [1.165, 1.54) is 6.07 Å². The highest BCUT2D eigenvalue weighted by Gasteiger charge is 2.32. The van der Waals surface area contributed by atoms with Crippen LogP contribution in [0.4, 0.5) is 15.8 Å². The Kier molecular flexibility index (Phi) is 3.93. The predicted molar refractivity (Wildman–Crippen MR) is 106 cm³/mol. The molecule has 0 bridgehead atoms. The third kappa shape index (κ3) is 2.52. The van der Waals surface area contributed by atoms with Crippen LogP contribution in [0.3, 0.4) is 0 Å². The second kappa shape index (κ2) is 6.48. The Bertz CT molecular complexity index is 1090. The minimum Gasteiger partial charge on any atom is -0.398 e. The van der Waals surface area contributed by atoms with E-state index in [1.807, 2.05) is 18.2 Å². The van der Waals surface area contributed by atoms with Crippen LogP contribution in [0.1, 0.15) is 40.2 Å². The number of carbonyl (C=O) groups excluding carboxylic acids is 1. The van der Waals surface area contributed by atoms with Crippen molar-refractivity contribution in [3.63, 3.8) is 0 Å². The second-order valence-corrected chi connectivity index (χ2v) is 7.40. The lowest BCUT2D eigenvalue weighted by Crippen LogP contribution is -2.36. The monoisotopic (exact) mass is 376 g/mol. The molecule has 0 unspecified atom stereocenters. The lowest BCUT2D eigenvalue weighted by Gasteiger charge is -2.30. The molecule has 1 amide bonds. The van der Waals surface area contributed by atoms with Crippen LogP contribution >= 0.6 is 0 Å². The van der Waals surface area contributed by atoms with Gasteiger partial charge in [0.2, 0.25) is 0 Å². The van der Waals surface area contributed by atoms with Crippen molar-refractivity contribution in [3.05, 3.63) is 70.8 Å². The quantitative estimate of drug-likeness (QED) is 0.694. The summed E-state index contributed by atoms with van der Waals surface area (Å²) in [6, 6.07) is 12.3. The van der Waals surface area contributed by atoms with Gasteiger partial charge in [-0.25, -0.2) is 9.07 Å². The largest absolute Gasteiger partial charge is 0.398 e. The van der Waals surface area contributed by atoms with E-state index in [9.17, 15) is 9.18 Å². The first-order valence-electron chi connectivity index (χ1n) is 9.70. The van der Waals surface area contributed by atoms with E-state index in [2.05, 4.69) is 5.10 Å². The highest BCUT2D eigenvalue weighted by molar-refractivity contribution is 6.07. The van der Waals surface area contributed by atoms with Crippen molar-refractivity contribution in [2.24, 2.45) is 0 Å². The van der Waals surface area contributed by atoms with Gasteiger partial charge in [0.05, 0.1) is 0 Å². The van der Waals surface area contributed by atoms with Gasteiger partial charge in [0.25, 0.3) is 5.91 Å². The standard InChI is InChI=1S/C22H21FN4O/c23-16-8-1-2-10-20(16)27-19-12-3-6-15(19)21(25-27)22(28)26-13-5-7-14-17(24)9-4-11-18(14)26/h1-2,4,8-11H,3,5-7,12-13,24H2. The maximum Gasteiger partial charge on any atom is 0.279 e. The maximum atomic E-state index is 14.4. The molecule has 2 aromatic carbocycles. The number of aromatic nitrogens is 2. The fourth-order valence-electron chi connectivity index (χ4n) is 4.42. The number of nitrogens with two attached hydrogens (primary N) is 1. The van der Waals surface area contributed by atoms with Crippen LogP contribution in [0.15, 0.2) is 42.5 Å². The fourth-order valence-corrected chi connectivity index (χ4v) is 4.42. The summed E-state index contributed by atoms with van der Waals surface area (Å²) in [6.07, 6.45) is 4.28. The molecule has 0 saturated carbocycles. The fraction of sp³-hybridized carbons (Fsp3) is 0.273. The molecule has 0 radical (unpaired) electrons. The van der Waals surface area contributed by atoms with Gasteiger partial charge in [0.1, 0.15) is 11.5 Å². The Balaban J connectivity index is 1.61. The summed E-state index contributed by atoms with van der Waals surface area (Å²) >= 11 is 0. The highest BCUT2D eigenvalue weighted by Crippen LogP contribution is 2.34. The van der Waals surface area contributed by atoms with Crippen LogP contribution in [0.5, 0.6) is 0 Å². The van der Waals surface area contributed by atoms with E-state index in [-0.39, 0.29) is 11.7 Å². The Morgan fingerprint density at radius 1 is 0.964 bits per heavy atom. The lowest BCUT2D eigenvalue weighted by molar-refractivity contribution is 0.0979. The number of amides is 1. The molecule has 5 rings (SSSR count). The van der Waals surface area contributed by atoms with E-state index >= 15 is 0 Å². The number of hydrogen-bond donors (Lipinski definition) is 1. The van der Waals surface area contributed by atoms with Gasteiger partial charge in [-0.3, -0.25) is 4.79 Å². The molecule has 142 valence electrons. The van der Waals surface area contributed by atoms with E-state index in [0.717, 1.165) is 60.3 Å². The van der Waals surface area contributed by atoms with Crippen LogP contribution in [0.2, 0.25) is 0 Å². The minimum atomic E-state index is -0.338. The molecule has 0 saturated heterocycles. The Morgan fingerprint density at radius 3 is 2.61 bits per heavy atom. The predicted octanol–water partition coefficient (Wildman–Crippen LogP) is 3.68. The maximum absolute atomic E-state index is 14.4. The van der Waals surface area contributed by atoms with Gasteiger partial charge in [-0.2, -0.15) is 5.10 Å². The number of nitrogen functional groups attached to an aromatic ring is 1. The zero-order valence-corrected chi connectivity index (χ0v) is 15.5. The van der Waals surface area contributed by atoms with Gasteiger partial charge >= 0.3 is 0 Å². The van der Waals surface area contributed by atoms with Crippen molar-refractivity contribution in [2.75, 3.05) is 17.2 Å². The van der Waals surface area contributed by atoms with E-state index in [0.29, 0.717) is 17.9 Å². The van der Waals surface area contributed by atoms with Crippen molar-refractivity contribution < 1.29 is 9.18 Å². The zero-order chi connectivity index (χ0) is 19.3. The Morgan fingerprint density at radius 2 is 1.75 bits per heavy atom. The molecule has 28 heavy (non-hydrogen) atoms. The van der Waals surface area contributed by atoms with Crippen LogP contribution in [-0.2, 0) is 19.3 Å². The topological polar surface area (TPSA) is 64.2 Å². The average Bonchev–Trinajstić information content (AvgIpc) is 3.31. The zero-order valence-electron chi connectivity index (χ0n) is 15.5. The van der Waals surface area contributed by atoms with Crippen LogP contribution < -0.4 is 10.6 Å².